The molecule has 222 valence electrons. The number of likely N-dealkylation sites (tertiary alicyclic amines) is 1. The molecular weight excluding hydrogens is 524 g/mol. The van der Waals surface area contributed by atoms with E-state index in [9.17, 15) is 4.79 Å². The Labute approximate surface area is 250 Å². The fourth-order valence-electron chi connectivity index (χ4n) is 6.25. The quantitative estimate of drug-likeness (QED) is 0.231. The molecule has 1 aromatic rings. The van der Waals surface area contributed by atoms with E-state index in [0.717, 1.165) is 73.2 Å². The average Bonchev–Trinajstić information content (AvgIpc) is 3.28. The van der Waals surface area contributed by atoms with Crippen LogP contribution in [0.4, 0.5) is 0 Å². The monoisotopic (exact) mass is 569 g/mol. The predicted octanol–water partition coefficient (Wildman–Crippen LogP) is 4.15. The highest BCUT2D eigenvalue weighted by Gasteiger charge is 2.55. The molecule has 0 aliphatic carbocycles. The zero-order chi connectivity index (χ0) is 30.0. The second kappa shape index (κ2) is 12.2. The summed E-state index contributed by atoms with van der Waals surface area (Å²) >= 11 is 0. The number of likely N-dealkylation sites (N-methyl/N-ethyl adjacent to an activating group) is 1. The largest absolute Gasteiger partial charge is 0.326 e. The van der Waals surface area contributed by atoms with E-state index in [1.807, 2.05) is 25.1 Å². The van der Waals surface area contributed by atoms with E-state index >= 15 is 0 Å². The zero-order valence-electron chi connectivity index (χ0n) is 25.8. The van der Waals surface area contributed by atoms with Crippen molar-refractivity contribution in [3.8, 4) is 0 Å². The third-order valence-electron chi connectivity index (χ3n) is 8.41. The van der Waals surface area contributed by atoms with Gasteiger partial charge in [0, 0.05) is 37.9 Å². The van der Waals surface area contributed by atoms with Crippen molar-refractivity contribution in [1.82, 2.24) is 14.7 Å². The lowest BCUT2D eigenvalue weighted by atomic mass is 10.1. The molecule has 0 spiro atoms. The van der Waals surface area contributed by atoms with E-state index in [-0.39, 0.29) is 18.5 Å². The summed E-state index contributed by atoms with van der Waals surface area (Å²) in [6.45, 7) is 16.2. The lowest BCUT2D eigenvalue weighted by Gasteiger charge is -2.42. The number of aryl methyl sites for hydroxylation is 1. The van der Waals surface area contributed by atoms with Crippen LogP contribution in [-0.4, -0.2) is 95.1 Å². The van der Waals surface area contributed by atoms with Crippen molar-refractivity contribution in [2.75, 3.05) is 46.3 Å². The van der Waals surface area contributed by atoms with E-state index in [0.29, 0.717) is 29.2 Å². The van der Waals surface area contributed by atoms with Gasteiger partial charge in [-0.2, -0.15) is 4.99 Å². The Hall–Kier alpha value is -3.82. The lowest BCUT2D eigenvalue weighted by Crippen LogP contribution is -2.62. The molecule has 1 saturated heterocycles. The fraction of sp³-hybridized carbons (Fsp3) is 0.455. The molecule has 4 aliphatic rings. The van der Waals surface area contributed by atoms with Gasteiger partial charge in [0.2, 0.25) is 17.5 Å². The Bertz CT molecular complexity index is 1440. The summed E-state index contributed by atoms with van der Waals surface area (Å²) in [5, 5.41) is 0. The van der Waals surface area contributed by atoms with Gasteiger partial charge in [-0.3, -0.25) is 24.6 Å². The van der Waals surface area contributed by atoms with Crippen molar-refractivity contribution in [1.29, 1.82) is 0 Å². The van der Waals surface area contributed by atoms with E-state index in [1.54, 1.807) is 11.0 Å². The Morgan fingerprint density at radius 1 is 1.21 bits per heavy atom. The molecule has 2 N–H and O–H groups in total. The summed E-state index contributed by atoms with van der Waals surface area (Å²) in [5.41, 5.74) is 12.2. The molecule has 0 saturated carbocycles. The first-order chi connectivity index (χ1) is 20.1. The maximum absolute atomic E-state index is 14.7. The molecule has 9 heteroatoms. The van der Waals surface area contributed by atoms with Gasteiger partial charge in [0.1, 0.15) is 6.54 Å². The van der Waals surface area contributed by atoms with Gasteiger partial charge < -0.3 is 10.6 Å². The number of fused-ring (bicyclic) bond motifs is 2. The third-order valence-corrected chi connectivity index (χ3v) is 8.41. The van der Waals surface area contributed by atoms with Gasteiger partial charge in [-0.15, -0.1) is 0 Å². The van der Waals surface area contributed by atoms with Gasteiger partial charge in [0.05, 0.1) is 19.3 Å². The highest BCUT2D eigenvalue weighted by Crippen LogP contribution is 2.38. The number of amides is 1. The fourth-order valence-corrected chi connectivity index (χ4v) is 6.25. The molecule has 4 heterocycles. The maximum atomic E-state index is 14.7. The molecule has 0 bridgehead atoms. The molecule has 42 heavy (non-hydrogen) atoms. The molecule has 1 amide bonds. The molecule has 2 atom stereocenters. The van der Waals surface area contributed by atoms with Crippen LogP contribution in [0.25, 0.3) is 0 Å². The van der Waals surface area contributed by atoms with Gasteiger partial charge >= 0.3 is 11.9 Å². The van der Waals surface area contributed by atoms with E-state index in [4.69, 9.17) is 20.7 Å². The van der Waals surface area contributed by atoms with Gasteiger partial charge in [-0.1, -0.05) is 42.5 Å². The zero-order valence-corrected chi connectivity index (χ0v) is 25.8. The van der Waals surface area contributed by atoms with Gasteiger partial charge in [-0.25, -0.2) is 4.48 Å². The van der Waals surface area contributed by atoms with Crippen molar-refractivity contribution in [2.24, 2.45) is 20.7 Å². The van der Waals surface area contributed by atoms with Crippen molar-refractivity contribution in [3.05, 3.63) is 83.0 Å². The number of benzene rings is 1. The number of guanidine groups is 2. The Balaban J connectivity index is 1.56. The van der Waals surface area contributed by atoms with Crippen molar-refractivity contribution < 1.29 is 9.28 Å². The predicted molar refractivity (Wildman–Crippen MR) is 171 cm³/mol. The molecule has 1 aromatic carbocycles. The topological polar surface area (TPSA) is 89.9 Å². The minimum atomic E-state index is -0.0784. The number of rotatable bonds is 7. The first-order valence-electron chi connectivity index (χ1n) is 15.0. The highest BCUT2D eigenvalue weighted by molar-refractivity contribution is 6.10. The minimum Gasteiger partial charge on any atom is -0.326 e. The van der Waals surface area contributed by atoms with Crippen LogP contribution in [-0.2, 0) is 4.79 Å². The van der Waals surface area contributed by atoms with E-state index in [1.165, 1.54) is 5.57 Å². The van der Waals surface area contributed by atoms with Crippen molar-refractivity contribution in [2.45, 2.75) is 53.0 Å². The molecule has 9 nitrogen and oxygen atoms in total. The van der Waals surface area contributed by atoms with Crippen molar-refractivity contribution in [3.63, 3.8) is 0 Å². The average molecular weight is 570 g/mol. The normalized spacial score (nSPS) is 24.8. The molecule has 2 unspecified atom stereocenters. The molecule has 0 radical (unpaired) electrons. The lowest BCUT2D eigenvalue weighted by molar-refractivity contribution is -0.773. The smallest absolute Gasteiger partial charge is 0.319 e. The van der Waals surface area contributed by atoms with Gasteiger partial charge in [-0.05, 0) is 70.2 Å². The Kier molecular flexibility index (Phi) is 8.61. The van der Waals surface area contributed by atoms with E-state index in [2.05, 4.69) is 62.4 Å². The first-order valence-corrected chi connectivity index (χ1v) is 15.0. The summed E-state index contributed by atoms with van der Waals surface area (Å²) in [4.78, 5) is 36.0. The SMILES string of the molecule is C=CC=C(CN1C(=O)C2=C(N=C(N3CCCC(N)C3)[N+]2(C)CC=C(C)C)N2CCCN=C12)N=C(C)c1ccccc1C. The van der Waals surface area contributed by atoms with Crippen LogP contribution in [0.2, 0.25) is 0 Å². The summed E-state index contributed by atoms with van der Waals surface area (Å²) in [7, 11) is 2.11. The second-order valence-electron chi connectivity index (χ2n) is 12.1. The highest BCUT2D eigenvalue weighted by atomic mass is 16.2. The molecule has 5 rings (SSSR count). The maximum Gasteiger partial charge on any atom is 0.319 e. The van der Waals surface area contributed by atoms with Crippen LogP contribution < -0.4 is 5.73 Å². The summed E-state index contributed by atoms with van der Waals surface area (Å²) in [6.07, 6.45) is 8.73. The second-order valence-corrected chi connectivity index (χ2v) is 12.1. The number of hydrogen-bond acceptors (Lipinski definition) is 7. The van der Waals surface area contributed by atoms with Crippen LogP contribution >= 0.6 is 0 Å². The number of carbonyl (C=O) groups excluding carboxylic acids is 1. The third kappa shape index (κ3) is 5.63. The molecule has 4 aliphatic heterocycles. The number of nitrogens with two attached hydrogens (primary N) is 1. The summed E-state index contributed by atoms with van der Waals surface area (Å²) in [6, 6.07) is 8.30. The number of aliphatic imine (C=N–C) groups is 3. The molecular formula is C33H45N8O+. The standard InChI is InChI=1S/C33H45N8O/c1-7-12-27(36-25(5)28-15-9-8-13-24(28)4)22-40-31(42)29-30(39-19-11-17-35-32(39)40)37-33(38-18-10-14-26(34)21-38)41(29,6)20-16-23(2)3/h7-9,12-13,15-16,26H,1,10-11,14,17-22,34H2,2-6H3/q+1. The summed E-state index contributed by atoms with van der Waals surface area (Å²) < 4.78 is 0.304. The van der Waals surface area contributed by atoms with Crippen LogP contribution in [0, 0.1) is 6.92 Å². The van der Waals surface area contributed by atoms with Crippen LogP contribution in [0.1, 0.15) is 51.2 Å². The van der Waals surface area contributed by atoms with Gasteiger partial charge in [0.15, 0.2) is 0 Å². The number of nitrogens with zero attached hydrogens (tertiary/aromatic N) is 7. The van der Waals surface area contributed by atoms with Crippen LogP contribution in [0.3, 0.4) is 0 Å². The van der Waals surface area contributed by atoms with E-state index < -0.39 is 0 Å². The number of hydrogen-bond donors (Lipinski definition) is 1. The molecule has 0 aromatic heterocycles. The Morgan fingerprint density at radius 2 is 2.00 bits per heavy atom. The number of allylic oxidation sites excluding steroid dienone is 3. The van der Waals surface area contributed by atoms with Gasteiger partial charge in [0.25, 0.3) is 0 Å². The number of quaternary nitrogens is 1. The number of piperidine rings is 1. The van der Waals surface area contributed by atoms with Crippen LogP contribution in [0.15, 0.2) is 86.8 Å². The first kappa shape index (κ1) is 29.7. The summed E-state index contributed by atoms with van der Waals surface area (Å²) in [5.74, 6) is 2.19. The number of carbonyl (C=O) groups is 1. The van der Waals surface area contributed by atoms with Crippen molar-refractivity contribution >= 4 is 23.5 Å². The molecule has 1 fully saturated rings. The Morgan fingerprint density at radius 3 is 2.71 bits per heavy atom. The minimum absolute atomic E-state index is 0.0784. The van der Waals surface area contributed by atoms with Crippen LogP contribution in [0.5, 0.6) is 0 Å².